The van der Waals surface area contributed by atoms with E-state index < -0.39 is 11.4 Å². The largest absolute Gasteiger partial charge is 0.274 e. The molecular weight excluding hydrogens is 371 g/mol. The molecule has 0 spiro atoms. The number of nitrogens with zero attached hydrogens (tertiary/aromatic N) is 1. The molecule has 0 unspecified atom stereocenters. The third kappa shape index (κ3) is 4.37. The van der Waals surface area contributed by atoms with Crippen molar-refractivity contribution in [2.45, 2.75) is 40.2 Å². The number of hydrazine groups is 1. The summed E-state index contributed by atoms with van der Waals surface area (Å²) >= 11 is 12.1. The third-order valence-electron chi connectivity index (χ3n) is 4.10. The lowest BCUT2D eigenvalue weighted by atomic mass is 10.0. The summed E-state index contributed by atoms with van der Waals surface area (Å²) in [5.74, 6) is -0.752. The Morgan fingerprint density at radius 1 is 1.00 bits per heavy atom. The molecule has 0 atom stereocenters. The van der Waals surface area contributed by atoms with Gasteiger partial charge >= 0.3 is 0 Å². The fourth-order valence-electron chi connectivity index (χ4n) is 2.47. The minimum atomic E-state index is -0.659. The molecule has 0 heterocycles. The molecule has 2 aromatic carbocycles. The van der Waals surface area contributed by atoms with Crippen molar-refractivity contribution in [2.75, 3.05) is 0 Å². The molecule has 0 aliphatic heterocycles. The second kappa shape index (κ2) is 7.68. The lowest BCUT2D eigenvalue weighted by Gasteiger charge is -2.35. The number of nitrogens with one attached hydrogen (secondary N) is 1. The van der Waals surface area contributed by atoms with Crippen molar-refractivity contribution in [3.63, 3.8) is 0 Å². The smallest absolute Gasteiger partial charge is 0.267 e. The van der Waals surface area contributed by atoms with Crippen LogP contribution in [0.2, 0.25) is 10.0 Å². The molecule has 26 heavy (non-hydrogen) atoms. The summed E-state index contributed by atoms with van der Waals surface area (Å²) in [6.07, 6.45) is 0. The van der Waals surface area contributed by atoms with Crippen LogP contribution in [0.25, 0.3) is 0 Å². The van der Waals surface area contributed by atoms with Gasteiger partial charge in [-0.3, -0.25) is 15.0 Å². The van der Waals surface area contributed by atoms with E-state index in [0.717, 1.165) is 11.1 Å². The molecular formula is C20H22Cl2N2O2. The van der Waals surface area contributed by atoms with Crippen LogP contribution in [0.1, 0.15) is 52.6 Å². The average Bonchev–Trinajstić information content (AvgIpc) is 2.53. The highest BCUT2D eigenvalue weighted by molar-refractivity contribution is 6.36. The predicted octanol–water partition coefficient (Wildman–Crippen LogP) is 5.20. The Bertz CT molecular complexity index is 857. The van der Waals surface area contributed by atoms with Gasteiger partial charge in [-0.25, -0.2) is 5.01 Å². The highest BCUT2D eigenvalue weighted by Gasteiger charge is 2.31. The van der Waals surface area contributed by atoms with Gasteiger partial charge in [-0.05, 0) is 70.0 Å². The number of hydrogen-bond acceptors (Lipinski definition) is 2. The summed E-state index contributed by atoms with van der Waals surface area (Å²) in [6.45, 7) is 9.31. The van der Waals surface area contributed by atoms with E-state index in [1.807, 2.05) is 46.8 Å². The standard InChI is InChI=1S/C20H22Cl2N2O2/c1-12-7-6-8-15(13(12)2)18(25)23-24(20(3,4)5)19(26)16-10-9-14(21)11-17(16)22/h6-11H,1-5H3,(H,23,25). The normalized spacial score (nSPS) is 11.2. The number of aryl methyl sites for hydroxylation is 1. The molecule has 2 rings (SSSR count). The van der Waals surface area contributed by atoms with Gasteiger partial charge in [0.1, 0.15) is 0 Å². The Morgan fingerprint density at radius 3 is 2.23 bits per heavy atom. The van der Waals surface area contributed by atoms with Gasteiger partial charge in [-0.15, -0.1) is 0 Å². The Morgan fingerprint density at radius 2 is 1.65 bits per heavy atom. The van der Waals surface area contributed by atoms with Crippen molar-refractivity contribution >= 4 is 35.0 Å². The van der Waals surface area contributed by atoms with Gasteiger partial charge in [-0.1, -0.05) is 35.3 Å². The van der Waals surface area contributed by atoms with Crippen molar-refractivity contribution in [3.8, 4) is 0 Å². The number of carbonyl (C=O) groups excluding carboxylic acids is 2. The first kappa shape index (κ1) is 20.3. The van der Waals surface area contributed by atoms with Gasteiger partial charge in [0, 0.05) is 10.6 Å². The minimum Gasteiger partial charge on any atom is -0.267 e. The second-order valence-electron chi connectivity index (χ2n) is 7.12. The molecule has 0 saturated heterocycles. The fraction of sp³-hybridized carbons (Fsp3) is 0.300. The van der Waals surface area contributed by atoms with Crippen molar-refractivity contribution < 1.29 is 9.59 Å². The topological polar surface area (TPSA) is 49.4 Å². The fourth-order valence-corrected chi connectivity index (χ4v) is 2.95. The summed E-state index contributed by atoms with van der Waals surface area (Å²) in [5.41, 5.74) is 4.75. The zero-order valence-corrected chi connectivity index (χ0v) is 17.0. The second-order valence-corrected chi connectivity index (χ2v) is 7.97. The van der Waals surface area contributed by atoms with Gasteiger partial charge in [-0.2, -0.15) is 0 Å². The lowest BCUT2D eigenvalue weighted by molar-refractivity contribution is 0.0358. The maximum Gasteiger partial charge on any atom is 0.274 e. The summed E-state index contributed by atoms with van der Waals surface area (Å²) in [4.78, 5) is 25.8. The van der Waals surface area contributed by atoms with Crippen LogP contribution >= 0.6 is 23.2 Å². The number of rotatable bonds is 2. The molecule has 2 amide bonds. The molecule has 138 valence electrons. The number of halogens is 2. The van der Waals surface area contributed by atoms with E-state index >= 15 is 0 Å². The zero-order chi connectivity index (χ0) is 19.6. The van der Waals surface area contributed by atoms with Gasteiger partial charge in [0.2, 0.25) is 0 Å². The van der Waals surface area contributed by atoms with Crippen molar-refractivity contribution in [1.82, 2.24) is 10.4 Å². The number of benzene rings is 2. The van der Waals surface area contributed by atoms with Crippen LogP contribution in [0.5, 0.6) is 0 Å². The van der Waals surface area contributed by atoms with Crippen LogP contribution in [0, 0.1) is 13.8 Å². The van der Waals surface area contributed by atoms with Crippen LogP contribution in [0.3, 0.4) is 0 Å². The first-order valence-electron chi connectivity index (χ1n) is 8.19. The van der Waals surface area contributed by atoms with E-state index in [-0.39, 0.29) is 16.5 Å². The Hall–Kier alpha value is -2.04. The van der Waals surface area contributed by atoms with E-state index in [1.165, 1.54) is 11.1 Å². The highest BCUT2D eigenvalue weighted by Crippen LogP contribution is 2.25. The monoisotopic (exact) mass is 392 g/mol. The van der Waals surface area contributed by atoms with Gasteiger partial charge < -0.3 is 0 Å². The van der Waals surface area contributed by atoms with Crippen LogP contribution < -0.4 is 5.43 Å². The maximum atomic E-state index is 13.0. The number of carbonyl (C=O) groups is 2. The molecule has 0 aliphatic carbocycles. The Labute approximate surface area is 164 Å². The van der Waals surface area contributed by atoms with E-state index in [1.54, 1.807) is 18.2 Å². The highest BCUT2D eigenvalue weighted by atomic mass is 35.5. The lowest BCUT2D eigenvalue weighted by Crippen LogP contribution is -2.56. The van der Waals surface area contributed by atoms with Crippen molar-refractivity contribution in [2.24, 2.45) is 0 Å². The molecule has 0 aromatic heterocycles. The first-order valence-corrected chi connectivity index (χ1v) is 8.95. The molecule has 0 fully saturated rings. The Balaban J connectivity index is 2.38. The van der Waals surface area contributed by atoms with E-state index in [0.29, 0.717) is 10.6 Å². The summed E-state index contributed by atoms with van der Waals surface area (Å²) in [7, 11) is 0. The Kier molecular flexibility index (Phi) is 5.99. The molecule has 0 radical (unpaired) electrons. The third-order valence-corrected chi connectivity index (χ3v) is 4.65. The predicted molar refractivity (Wildman–Crippen MR) is 106 cm³/mol. The maximum absolute atomic E-state index is 13.0. The van der Waals surface area contributed by atoms with Crippen LogP contribution in [-0.2, 0) is 0 Å². The quantitative estimate of drug-likeness (QED) is 0.714. The van der Waals surface area contributed by atoms with Gasteiger partial charge in [0.05, 0.1) is 16.1 Å². The van der Waals surface area contributed by atoms with Crippen molar-refractivity contribution in [1.29, 1.82) is 0 Å². The van der Waals surface area contributed by atoms with Gasteiger partial charge in [0.25, 0.3) is 11.8 Å². The molecule has 1 N–H and O–H groups in total. The van der Waals surface area contributed by atoms with Crippen LogP contribution in [0.15, 0.2) is 36.4 Å². The molecule has 0 bridgehead atoms. The number of hydrogen-bond donors (Lipinski definition) is 1. The summed E-state index contributed by atoms with van der Waals surface area (Å²) in [6, 6.07) is 10.1. The molecule has 4 nitrogen and oxygen atoms in total. The average molecular weight is 393 g/mol. The summed E-state index contributed by atoms with van der Waals surface area (Å²) in [5, 5.41) is 1.97. The molecule has 0 saturated carbocycles. The van der Waals surface area contributed by atoms with Crippen LogP contribution in [0.4, 0.5) is 0 Å². The van der Waals surface area contributed by atoms with Gasteiger partial charge in [0.15, 0.2) is 0 Å². The zero-order valence-electron chi connectivity index (χ0n) is 15.5. The molecule has 0 aliphatic rings. The van der Waals surface area contributed by atoms with Crippen LogP contribution in [-0.4, -0.2) is 22.4 Å². The van der Waals surface area contributed by atoms with E-state index in [9.17, 15) is 9.59 Å². The minimum absolute atomic E-state index is 0.234. The molecule has 2 aromatic rings. The first-order chi connectivity index (χ1) is 12.0. The van der Waals surface area contributed by atoms with E-state index in [4.69, 9.17) is 23.2 Å². The molecule has 6 heteroatoms. The van der Waals surface area contributed by atoms with E-state index in [2.05, 4.69) is 5.43 Å². The van der Waals surface area contributed by atoms with Crippen molar-refractivity contribution in [3.05, 3.63) is 68.7 Å². The summed E-state index contributed by atoms with van der Waals surface area (Å²) < 4.78 is 0. The number of amides is 2. The SMILES string of the molecule is Cc1cccc(C(=O)NN(C(=O)c2ccc(Cl)cc2Cl)C(C)(C)C)c1C.